The Hall–Kier alpha value is -3.21. The minimum atomic E-state index is -0.553. The fraction of sp³-hybridized carbons (Fsp3) is 0.100. The van der Waals surface area contributed by atoms with E-state index in [1.165, 1.54) is 25.1 Å². The van der Waals surface area contributed by atoms with E-state index < -0.39 is 5.82 Å². The molecule has 0 unspecified atom stereocenters. The largest absolute Gasteiger partial charge is 0.326 e. The molecule has 0 bridgehead atoms. The number of hydrogen-bond acceptors (Lipinski definition) is 2. The van der Waals surface area contributed by atoms with Crippen molar-refractivity contribution >= 4 is 34.0 Å². The zero-order chi connectivity index (χ0) is 17.8. The second kappa shape index (κ2) is 7.13. The van der Waals surface area contributed by atoms with Crippen LogP contribution in [0.3, 0.4) is 0 Å². The van der Waals surface area contributed by atoms with Crippen molar-refractivity contribution in [2.45, 2.75) is 13.3 Å². The van der Waals surface area contributed by atoms with Gasteiger partial charge in [0, 0.05) is 12.6 Å². The van der Waals surface area contributed by atoms with Crippen LogP contribution in [0.25, 0.3) is 10.8 Å². The number of anilines is 2. The SMILES string of the molecule is CC(=O)Nc1cc(NC(=O)Cc2ccc3ccccc3c2)ccc1F. The van der Waals surface area contributed by atoms with Gasteiger partial charge in [0.1, 0.15) is 5.82 Å². The highest BCUT2D eigenvalue weighted by molar-refractivity contribution is 5.95. The third kappa shape index (κ3) is 4.20. The first-order valence-corrected chi connectivity index (χ1v) is 7.86. The van der Waals surface area contributed by atoms with Crippen LogP contribution in [0.15, 0.2) is 60.7 Å². The molecular formula is C20H17FN2O2. The van der Waals surface area contributed by atoms with Crippen molar-refractivity contribution in [1.82, 2.24) is 0 Å². The normalized spacial score (nSPS) is 10.5. The number of nitrogens with one attached hydrogen (secondary N) is 2. The Balaban J connectivity index is 1.72. The number of fused-ring (bicyclic) bond motifs is 1. The van der Waals surface area contributed by atoms with Crippen molar-refractivity contribution in [2.75, 3.05) is 10.6 Å². The molecule has 0 atom stereocenters. The fourth-order valence-electron chi connectivity index (χ4n) is 2.63. The summed E-state index contributed by atoms with van der Waals surface area (Å²) in [6.45, 7) is 1.30. The topological polar surface area (TPSA) is 58.2 Å². The lowest BCUT2D eigenvalue weighted by atomic mass is 10.0. The average molecular weight is 336 g/mol. The van der Waals surface area contributed by atoms with Crippen molar-refractivity contribution in [3.63, 3.8) is 0 Å². The second-order valence-electron chi connectivity index (χ2n) is 5.78. The predicted octanol–water partition coefficient (Wildman–Crippen LogP) is 4.12. The molecule has 0 fully saturated rings. The highest BCUT2D eigenvalue weighted by Crippen LogP contribution is 2.20. The third-order valence-corrected chi connectivity index (χ3v) is 3.74. The molecule has 0 aliphatic heterocycles. The first-order chi connectivity index (χ1) is 12.0. The first-order valence-electron chi connectivity index (χ1n) is 7.86. The molecule has 3 aromatic rings. The van der Waals surface area contributed by atoms with E-state index in [1.54, 1.807) is 0 Å². The summed E-state index contributed by atoms with van der Waals surface area (Å²) in [5, 5.41) is 7.30. The fourth-order valence-corrected chi connectivity index (χ4v) is 2.63. The monoisotopic (exact) mass is 336 g/mol. The quantitative estimate of drug-likeness (QED) is 0.753. The van der Waals surface area contributed by atoms with Gasteiger partial charge in [0.05, 0.1) is 12.1 Å². The Kier molecular flexibility index (Phi) is 4.75. The molecule has 0 saturated heterocycles. The number of benzene rings is 3. The van der Waals surface area contributed by atoms with E-state index in [4.69, 9.17) is 0 Å². The van der Waals surface area contributed by atoms with Crippen molar-refractivity contribution < 1.29 is 14.0 Å². The number of halogens is 1. The summed E-state index contributed by atoms with van der Waals surface area (Å²) in [5.41, 5.74) is 1.35. The molecule has 25 heavy (non-hydrogen) atoms. The second-order valence-corrected chi connectivity index (χ2v) is 5.78. The lowest BCUT2D eigenvalue weighted by molar-refractivity contribution is -0.115. The molecule has 5 heteroatoms. The van der Waals surface area contributed by atoms with Gasteiger partial charge in [0.2, 0.25) is 11.8 Å². The standard InChI is InChI=1S/C20H17FN2O2/c1-13(24)22-19-12-17(8-9-18(19)21)23-20(25)11-14-6-7-15-4-2-3-5-16(15)10-14/h2-10,12H,11H2,1H3,(H,22,24)(H,23,25). The zero-order valence-corrected chi connectivity index (χ0v) is 13.7. The maximum absolute atomic E-state index is 13.6. The summed E-state index contributed by atoms with van der Waals surface area (Å²) in [6.07, 6.45) is 0.206. The highest BCUT2D eigenvalue weighted by atomic mass is 19.1. The van der Waals surface area contributed by atoms with Gasteiger partial charge in [-0.3, -0.25) is 9.59 Å². The van der Waals surface area contributed by atoms with Gasteiger partial charge >= 0.3 is 0 Å². The molecule has 0 radical (unpaired) electrons. The molecule has 3 aromatic carbocycles. The maximum atomic E-state index is 13.6. The van der Waals surface area contributed by atoms with Gasteiger partial charge < -0.3 is 10.6 Å². The van der Waals surface area contributed by atoms with E-state index in [1.807, 2.05) is 42.5 Å². The van der Waals surface area contributed by atoms with Crippen LogP contribution in [0.2, 0.25) is 0 Å². The predicted molar refractivity (Wildman–Crippen MR) is 97.0 cm³/mol. The molecule has 0 aromatic heterocycles. The van der Waals surface area contributed by atoms with E-state index in [0.717, 1.165) is 16.3 Å². The Morgan fingerprint density at radius 3 is 2.44 bits per heavy atom. The lowest BCUT2D eigenvalue weighted by Crippen LogP contribution is -2.15. The van der Waals surface area contributed by atoms with Gasteiger partial charge in [-0.2, -0.15) is 0 Å². The van der Waals surface area contributed by atoms with Crippen LogP contribution in [-0.4, -0.2) is 11.8 Å². The summed E-state index contributed by atoms with van der Waals surface area (Å²) in [5.74, 6) is -1.14. The maximum Gasteiger partial charge on any atom is 0.228 e. The van der Waals surface area contributed by atoms with Crippen molar-refractivity contribution in [3.8, 4) is 0 Å². The molecule has 2 amide bonds. The number of carbonyl (C=O) groups is 2. The van der Waals surface area contributed by atoms with Gasteiger partial charge in [-0.25, -0.2) is 4.39 Å². The number of hydrogen-bond donors (Lipinski definition) is 2. The smallest absolute Gasteiger partial charge is 0.228 e. The zero-order valence-electron chi connectivity index (χ0n) is 13.7. The molecular weight excluding hydrogens is 319 g/mol. The van der Waals surface area contributed by atoms with Crippen LogP contribution in [0.1, 0.15) is 12.5 Å². The van der Waals surface area contributed by atoms with E-state index in [9.17, 15) is 14.0 Å². The molecule has 0 saturated carbocycles. The van der Waals surface area contributed by atoms with Crippen LogP contribution in [0, 0.1) is 5.82 Å². The summed E-state index contributed by atoms with van der Waals surface area (Å²) in [6, 6.07) is 17.9. The van der Waals surface area contributed by atoms with Gasteiger partial charge in [-0.05, 0) is 34.5 Å². The van der Waals surface area contributed by atoms with E-state index in [0.29, 0.717) is 5.69 Å². The molecule has 0 heterocycles. The Morgan fingerprint density at radius 1 is 0.920 bits per heavy atom. The van der Waals surface area contributed by atoms with Crippen LogP contribution in [0.5, 0.6) is 0 Å². The summed E-state index contributed by atoms with van der Waals surface area (Å²) < 4.78 is 13.6. The Bertz CT molecular complexity index is 953. The van der Waals surface area contributed by atoms with Gasteiger partial charge in [-0.15, -0.1) is 0 Å². The molecule has 2 N–H and O–H groups in total. The van der Waals surface area contributed by atoms with Crippen LogP contribution < -0.4 is 10.6 Å². The average Bonchev–Trinajstić information content (AvgIpc) is 2.57. The van der Waals surface area contributed by atoms with Crippen LogP contribution >= 0.6 is 0 Å². The number of carbonyl (C=O) groups excluding carboxylic acids is 2. The van der Waals surface area contributed by atoms with E-state index in [2.05, 4.69) is 10.6 Å². The van der Waals surface area contributed by atoms with Crippen LogP contribution in [-0.2, 0) is 16.0 Å². The van der Waals surface area contributed by atoms with E-state index in [-0.39, 0.29) is 23.9 Å². The summed E-state index contributed by atoms with van der Waals surface area (Å²) in [7, 11) is 0. The lowest BCUT2D eigenvalue weighted by Gasteiger charge is -2.09. The van der Waals surface area contributed by atoms with Crippen molar-refractivity contribution in [1.29, 1.82) is 0 Å². The molecule has 126 valence electrons. The van der Waals surface area contributed by atoms with E-state index >= 15 is 0 Å². The van der Waals surface area contributed by atoms with Crippen molar-refractivity contribution in [3.05, 3.63) is 72.0 Å². The minimum absolute atomic E-state index is 0.0380. The van der Waals surface area contributed by atoms with Crippen LogP contribution in [0.4, 0.5) is 15.8 Å². The molecule has 4 nitrogen and oxygen atoms in total. The summed E-state index contributed by atoms with van der Waals surface area (Å²) >= 11 is 0. The summed E-state index contributed by atoms with van der Waals surface area (Å²) in [4.78, 5) is 23.3. The van der Waals surface area contributed by atoms with Crippen molar-refractivity contribution in [2.24, 2.45) is 0 Å². The third-order valence-electron chi connectivity index (χ3n) is 3.74. The Morgan fingerprint density at radius 2 is 1.68 bits per heavy atom. The Labute approximate surface area is 144 Å². The van der Waals surface area contributed by atoms with Gasteiger partial charge in [0.25, 0.3) is 0 Å². The molecule has 3 rings (SSSR count). The first kappa shape index (κ1) is 16.6. The molecule has 0 aliphatic carbocycles. The number of rotatable bonds is 4. The molecule has 0 aliphatic rings. The van der Waals surface area contributed by atoms with Gasteiger partial charge in [0.15, 0.2) is 0 Å². The van der Waals surface area contributed by atoms with Gasteiger partial charge in [-0.1, -0.05) is 42.5 Å². The molecule has 0 spiro atoms. The minimum Gasteiger partial charge on any atom is -0.326 e. The number of amides is 2. The highest BCUT2D eigenvalue weighted by Gasteiger charge is 2.09.